The van der Waals surface area contributed by atoms with E-state index in [-0.39, 0.29) is 23.7 Å². The van der Waals surface area contributed by atoms with E-state index in [9.17, 15) is 14.0 Å². The van der Waals surface area contributed by atoms with Crippen molar-refractivity contribution < 1.29 is 14.0 Å². The van der Waals surface area contributed by atoms with Gasteiger partial charge in [-0.2, -0.15) is 0 Å². The van der Waals surface area contributed by atoms with E-state index in [1.807, 2.05) is 18.2 Å². The number of likely N-dealkylation sites (tertiary alicyclic amines) is 1. The highest BCUT2D eigenvalue weighted by molar-refractivity contribution is 5.94. The number of carbonyl (C=O) groups excluding carboxylic acids is 2. The van der Waals surface area contributed by atoms with Crippen molar-refractivity contribution in [2.75, 3.05) is 26.2 Å². The molecule has 2 aromatic rings. The zero-order valence-corrected chi connectivity index (χ0v) is 15.9. The molecule has 148 valence electrons. The minimum absolute atomic E-state index is 0.00566. The molecule has 1 saturated heterocycles. The van der Waals surface area contributed by atoms with Crippen molar-refractivity contribution in [1.29, 1.82) is 0 Å². The summed E-state index contributed by atoms with van der Waals surface area (Å²) in [5.41, 5.74) is 1.67. The molecule has 0 saturated carbocycles. The Kier molecular flexibility index (Phi) is 7.14. The van der Waals surface area contributed by atoms with Gasteiger partial charge in [-0.15, -0.1) is 0 Å². The predicted molar refractivity (Wildman–Crippen MR) is 106 cm³/mol. The van der Waals surface area contributed by atoms with E-state index in [4.69, 9.17) is 0 Å². The standard InChI is InChI=1S/C22H26FN3O2/c23-19-8-6-17(7-9-19)10-13-24-21(27)16-26-14-11-20(12-15-26)25-22(28)18-4-2-1-3-5-18/h1-9,20H,10-16H2,(H,24,27)(H,25,28). The number of piperidine rings is 1. The second kappa shape index (κ2) is 9.99. The molecule has 1 fully saturated rings. The molecule has 2 amide bonds. The molecule has 0 radical (unpaired) electrons. The van der Waals surface area contributed by atoms with Crippen LogP contribution in [0.5, 0.6) is 0 Å². The quantitative estimate of drug-likeness (QED) is 0.772. The largest absolute Gasteiger partial charge is 0.355 e. The van der Waals surface area contributed by atoms with E-state index in [1.54, 1.807) is 24.3 Å². The monoisotopic (exact) mass is 383 g/mol. The van der Waals surface area contributed by atoms with Gasteiger partial charge < -0.3 is 10.6 Å². The minimum atomic E-state index is -0.254. The van der Waals surface area contributed by atoms with Crippen molar-refractivity contribution in [2.24, 2.45) is 0 Å². The van der Waals surface area contributed by atoms with Crippen molar-refractivity contribution in [3.05, 3.63) is 71.5 Å². The summed E-state index contributed by atoms with van der Waals surface area (Å²) in [7, 11) is 0. The van der Waals surface area contributed by atoms with Gasteiger partial charge in [0.25, 0.3) is 5.91 Å². The van der Waals surface area contributed by atoms with Gasteiger partial charge in [0.1, 0.15) is 5.82 Å². The van der Waals surface area contributed by atoms with Crippen molar-refractivity contribution in [3.63, 3.8) is 0 Å². The van der Waals surface area contributed by atoms with Crippen LogP contribution in [-0.2, 0) is 11.2 Å². The first kappa shape index (κ1) is 20.0. The molecule has 0 spiro atoms. The molecule has 1 aliphatic heterocycles. The number of carbonyl (C=O) groups is 2. The Labute approximate surface area is 164 Å². The van der Waals surface area contributed by atoms with E-state index >= 15 is 0 Å². The highest BCUT2D eigenvalue weighted by Gasteiger charge is 2.22. The molecule has 2 aromatic carbocycles. The van der Waals surface area contributed by atoms with Crippen LogP contribution in [0.1, 0.15) is 28.8 Å². The van der Waals surface area contributed by atoms with E-state index in [2.05, 4.69) is 15.5 Å². The van der Waals surface area contributed by atoms with Crippen LogP contribution < -0.4 is 10.6 Å². The van der Waals surface area contributed by atoms with Crippen molar-refractivity contribution in [2.45, 2.75) is 25.3 Å². The average molecular weight is 383 g/mol. The average Bonchev–Trinajstić information content (AvgIpc) is 2.71. The van der Waals surface area contributed by atoms with Crippen LogP contribution in [0.3, 0.4) is 0 Å². The Balaban J connectivity index is 1.33. The number of amides is 2. The van der Waals surface area contributed by atoms with E-state index in [1.165, 1.54) is 12.1 Å². The number of rotatable bonds is 7. The van der Waals surface area contributed by atoms with E-state index < -0.39 is 0 Å². The third-order valence-electron chi connectivity index (χ3n) is 4.98. The third kappa shape index (κ3) is 6.16. The first-order valence-corrected chi connectivity index (χ1v) is 9.69. The van der Waals surface area contributed by atoms with Gasteiger partial charge in [-0.25, -0.2) is 4.39 Å². The van der Waals surface area contributed by atoms with Crippen molar-refractivity contribution in [1.82, 2.24) is 15.5 Å². The van der Waals surface area contributed by atoms with Crippen LogP contribution in [0.2, 0.25) is 0 Å². The third-order valence-corrected chi connectivity index (χ3v) is 4.98. The number of hydrogen-bond acceptors (Lipinski definition) is 3. The number of halogens is 1. The molecule has 28 heavy (non-hydrogen) atoms. The summed E-state index contributed by atoms with van der Waals surface area (Å²) >= 11 is 0. The van der Waals surface area contributed by atoms with Crippen LogP contribution in [0.4, 0.5) is 4.39 Å². The number of nitrogens with zero attached hydrogens (tertiary/aromatic N) is 1. The van der Waals surface area contributed by atoms with Gasteiger partial charge >= 0.3 is 0 Å². The first-order chi connectivity index (χ1) is 13.6. The zero-order chi connectivity index (χ0) is 19.8. The van der Waals surface area contributed by atoms with Gasteiger partial charge in [0.2, 0.25) is 5.91 Å². The summed E-state index contributed by atoms with van der Waals surface area (Å²) < 4.78 is 12.9. The number of hydrogen-bond donors (Lipinski definition) is 2. The smallest absolute Gasteiger partial charge is 0.251 e. The fourth-order valence-corrected chi connectivity index (χ4v) is 3.35. The van der Waals surface area contributed by atoms with Crippen molar-refractivity contribution >= 4 is 11.8 Å². The topological polar surface area (TPSA) is 61.4 Å². The number of nitrogens with one attached hydrogen (secondary N) is 2. The molecule has 0 bridgehead atoms. The van der Waals surface area contributed by atoms with Gasteiger partial charge in [0.05, 0.1) is 6.54 Å². The normalized spacial score (nSPS) is 15.2. The molecule has 5 nitrogen and oxygen atoms in total. The van der Waals surface area contributed by atoms with E-state index in [0.717, 1.165) is 31.5 Å². The Morgan fingerprint density at radius 2 is 1.68 bits per heavy atom. The van der Waals surface area contributed by atoms with Crippen LogP contribution in [0.25, 0.3) is 0 Å². The predicted octanol–water partition coefficient (Wildman–Crippen LogP) is 2.38. The summed E-state index contributed by atoms with van der Waals surface area (Å²) in [4.78, 5) is 26.4. The number of benzene rings is 2. The molecule has 0 unspecified atom stereocenters. The summed E-state index contributed by atoms with van der Waals surface area (Å²) in [5.74, 6) is -0.303. The lowest BCUT2D eigenvalue weighted by atomic mass is 10.0. The SMILES string of the molecule is O=C(CN1CCC(NC(=O)c2ccccc2)CC1)NCCc1ccc(F)cc1. The Morgan fingerprint density at radius 3 is 2.36 bits per heavy atom. The van der Waals surface area contributed by atoms with Crippen LogP contribution in [-0.4, -0.2) is 48.9 Å². The molecule has 2 N–H and O–H groups in total. The van der Waals surface area contributed by atoms with Gasteiger partial charge in [-0.3, -0.25) is 14.5 Å². The lowest BCUT2D eigenvalue weighted by Crippen LogP contribution is -2.47. The highest BCUT2D eigenvalue weighted by atomic mass is 19.1. The molecule has 0 atom stereocenters. The molecule has 0 aliphatic carbocycles. The maximum atomic E-state index is 12.9. The van der Waals surface area contributed by atoms with Gasteiger partial charge in [0.15, 0.2) is 0 Å². The molecular weight excluding hydrogens is 357 g/mol. The summed E-state index contributed by atoms with van der Waals surface area (Å²) in [6.07, 6.45) is 2.35. The lowest BCUT2D eigenvalue weighted by molar-refractivity contribution is -0.122. The van der Waals surface area contributed by atoms with Gasteiger partial charge in [0, 0.05) is 31.2 Å². The van der Waals surface area contributed by atoms with E-state index in [0.29, 0.717) is 25.1 Å². The molecule has 3 rings (SSSR count). The Hall–Kier alpha value is -2.73. The summed E-state index contributed by atoms with van der Waals surface area (Å²) in [5, 5.41) is 5.99. The second-order valence-corrected chi connectivity index (χ2v) is 7.12. The summed E-state index contributed by atoms with van der Waals surface area (Å²) in [6, 6.07) is 15.7. The van der Waals surface area contributed by atoms with Crippen molar-refractivity contribution in [3.8, 4) is 0 Å². The second-order valence-electron chi connectivity index (χ2n) is 7.12. The Morgan fingerprint density at radius 1 is 1.00 bits per heavy atom. The minimum Gasteiger partial charge on any atom is -0.355 e. The van der Waals surface area contributed by atoms with Crippen LogP contribution >= 0.6 is 0 Å². The maximum absolute atomic E-state index is 12.9. The molecule has 1 heterocycles. The molecule has 1 aliphatic rings. The van der Waals surface area contributed by atoms with Gasteiger partial charge in [-0.05, 0) is 49.1 Å². The lowest BCUT2D eigenvalue weighted by Gasteiger charge is -2.31. The first-order valence-electron chi connectivity index (χ1n) is 9.69. The molecule has 0 aromatic heterocycles. The highest BCUT2D eigenvalue weighted by Crippen LogP contribution is 2.11. The fourth-order valence-electron chi connectivity index (χ4n) is 3.35. The van der Waals surface area contributed by atoms with Gasteiger partial charge in [-0.1, -0.05) is 30.3 Å². The maximum Gasteiger partial charge on any atom is 0.251 e. The van der Waals surface area contributed by atoms with Crippen LogP contribution in [0.15, 0.2) is 54.6 Å². The summed E-state index contributed by atoms with van der Waals surface area (Å²) in [6.45, 7) is 2.47. The Bertz CT molecular complexity index is 772. The molecule has 6 heteroatoms. The zero-order valence-electron chi connectivity index (χ0n) is 15.9. The van der Waals surface area contributed by atoms with Crippen LogP contribution in [0, 0.1) is 5.82 Å². The molecular formula is C22H26FN3O2. The fraction of sp³-hybridized carbons (Fsp3) is 0.364.